The van der Waals surface area contributed by atoms with Crippen LogP contribution in [0, 0.1) is 0 Å². The molecule has 302 valence electrons. The molecule has 0 aliphatic carbocycles. The first-order chi connectivity index (χ1) is 25.7. The minimum atomic E-state index is -10.7. The SMILES string of the molecule is F[P-](F)(F)(F)(F)F.F[P-](F)(F)(F)(F)F.c1ccc([P+](CCCC[P+](c2ccccc2)(c2ccccc2)c2ccccc2)(c2ccccc2)c2ccccc2)cc1. The summed E-state index contributed by atoms with van der Waals surface area (Å²) in [6.45, 7) is 0. The van der Waals surface area contributed by atoms with E-state index in [4.69, 9.17) is 0 Å². The third kappa shape index (κ3) is 15.3. The maximum Gasteiger partial charge on any atom is 0.112 e. The molecule has 6 aromatic carbocycles. The Bertz CT molecular complexity index is 1730. The van der Waals surface area contributed by atoms with Crippen molar-refractivity contribution in [3.05, 3.63) is 182 Å². The van der Waals surface area contributed by atoms with Gasteiger partial charge in [0.05, 0.1) is 12.3 Å². The van der Waals surface area contributed by atoms with E-state index in [-0.39, 0.29) is 0 Å². The first-order valence-corrected chi connectivity index (χ1v) is 25.0. The van der Waals surface area contributed by atoms with Gasteiger partial charge in [-0.1, -0.05) is 109 Å². The van der Waals surface area contributed by atoms with Gasteiger partial charge in [-0.2, -0.15) is 0 Å². The van der Waals surface area contributed by atoms with Gasteiger partial charge < -0.3 is 0 Å². The Morgan fingerprint density at radius 2 is 0.375 bits per heavy atom. The molecule has 0 amide bonds. The van der Waals surface area contributed by atoms with Crippen LogP contribution in [-0.2, 0) is 0 Å². The van der Waals surface area contributed by atoms with Crippen LogP contribution in [0.5, 0.6) is 0 Å². The zero-order chi connectivity index (χ0) is 41.3. The Kier molecular flexibility index (Phi) is 12.7. The predicted octanol–water partition coefficient (Wildman–Crippen LogP) is 14.5. The van der Waals surface area contributed by atoms with Crippen molar-refractivity contribution in [1.82, 2.24) is 0 Å². The molecule has 0 fully saturated rings. The van der Waals surface area contributed by atoms with Crippen molar-refractivity contribution in [3.63, 3.8) is 0 Å². The second-order valence-electron chi connectivity index (χ2n) is 12.7. The molecule has 0 N–H and O–H groups in total. The van der Waals surface area contributed by atoms with Crippen LogP contribution < -0.4 is 31.8 Å². The molecule has 56 heavy (non-hydrogen) atoms. The average molecular weight is 871 g/mol. The zero-order valence-corrected chi connectivity index (χ0v) is 33.1. The van der Waals surface area contributed by atoms with Crippen LogP contribution in [-0.4, -0.2) is 12.3 Å². The molecule has 6 rings (SSSR count). The summed E-state index contributed by atoms with van der Waals surface area (Å²) < 4.78 is 118. The molecular weight excluding hydrogens is 832 g/mol. The van der Waals surface area contributed by atoms with Gasteiger partial charge in [0, 0.05) is 0 Å². The van der Waals surface area contributed by atoms with E-state index in [0.29, 0.717) is 0 Å². The van der Waals surface area contributed by atoms with E-state index in [1.54, 1.807) is 0 Å². The molecule has 0 bridgehead atoms. The van der Waals surface area contributed by atoms with Crippen LogP contribution in [0.3, 0.4) is 0 Å². The average Bonchev–Trinajstić information content (AvgIpc) is 3.13. The minimum Gasteiger partial charge on any atom is -0.0620 e. The van der Waals surface area contributed by atoms with Crippen LogP contribution in [0.15, 0.2) is 182 Å². The molecule has 0 atom stereocenters. The first kappa shape index (κ1) is 44.9. The summed E-state index contributed by atoms with van der Waals surface area (Å²) in [5.74, 6) is 0. The topological polar surface area (TPSA) is 0 Å². The van der Waals surface area contributed by atoms with Crippen LogP contribution in [0.1, 0.15) is 12.8 Å². The summed E-state index contributed by atoms with van der Waals surface area (Å²) in [6, 6.07) is 67.8. The van der Waals surface area contributed by atoms with Gasteiger partial charge in [0.2, 0.25) is 0 Å². The standard InChI is InChI=1S/C40H38P2.2F6P/c1-7-21-35(22-8-1)41(36-23-9-2-10-24-36,37-25-11-3-12-26-37)33-19-20-34-42(38-27-13-4-14-28-38,39-29-15-5-16-30-39)40-31-17-6-18-32-40;2*1-7(2,3,4,5)6/h1-18,21-32H,19-20,33-34H2;;/q+2;2*-1. The van der Waals surface area contributed by atoms with Gasteiger partial charge in [-0.05, 0) is 85.6 Å². The number of rotatable bonds is 11. The number of unbranched alkanes of at least 4 members (excludes halogenated alkanes) is 1. The fraction of sp³-hybridized carbons (Fsp3) is 0.100. The second-order valence-corrected chi connectivity index (χ2v) is 23.8. The van der Waals surface area contributed by atoms with Gasteiger partial charge in [0.25, 0.3) is 0 Å². The number of benzene rings is 6. The minimum absolute atomic E-state index is 1.16. The summed E-state index contributed by atoms with van der Waals surface area (Å²) in [7, 11) is -25.0. The number of hydrogen-bond donors (Lipinski definition) is 0. The fourth-order valence-corrected chi connectivity index (χ4v) is 15.3. The van der Waals surface area contributed by atoms with Crippen molar-refractivity contribution in [2.75, 3.05) is 12.3 Å². The van der Waals surface area contributed by atoms with Gasteiger partial charge in [-0.25, -0.2) is 0 Å². The molecule has 16 heteroatoms. The van der Waals surface area contributed by atoms with Gasteiger partial charge in [-0.15, -0.1) is 0 Å². The molecule has 0 saturated carbocycles. The summed E-state index contributed by atoms with van der Waals surface area (Å²) in [5, 5.41) is 8.82. The molecule has 0 aromatic heterocycles. The van der Waals surface area contributed by atoms with E-state index in [1.165, 1.54) is 44.7 Å². The molecule has 6 aromatic rings. The second kappa shape index (κ2) is 15.9. The van der Waals surface area contributed by atoms with Crippen LogP contribution in [0.4, 0.5) is 50.4 Å². The predicted molar refractivity (Wildman–Crippen MR) is 216 cm³/mol. The third-order valence-corrected chi connectivity index (χ3v) is 17.5. The van der Waals surface area contributed by atoms with Crippen molar-refractivity contribution >= 4 is 62.0 Å². The normalized spacial score (nSPS) is 14.6. The summed E-state index contributed by atoms with van der Waals surface area (Å²) in [4.78, 5) is 0. The van der Waals surface area contributed by atoms with Crippen LogP contribution >= 0.6 is 30.1 Å². The van der Waals surface area contributed by atoms with Gasteiger partial charge >= 0.3 is 66.0 Å². The Morgan fingerprint density at radius 1 is 0.250 bits per heavy atom. The van der Waals surface area contributed by atoms with E-state index in [0.717, 1.165) is 12.3 Å². The third-order valence-electron chi connectivity index (χ3n) is 8.42. The zero-order valence-electron chi connectivity index (χ0n) is 29.5. The van der Waals surface area contributed by atoms with E-state index < -0.39 is 30.1 Å². The Labute approximate surface area is 318 Å². The van der Waals surface area contributed by atoms with Gasteiger partial charge in [0.1, 0.15) is 46.4 Å². The van der Waals surface area contributed by atoms with Gasteiger partial charge in [-0.3, -0.25) is 0 Å². The molecule has 0 saturated heterocycles. The summed E-state index contributed by atoms with van der Waals surface area (Å²) in [5.41, 5.74) is 0. The van der Waals surface area contributed by atoms with Crippen molar-refractivity contribution in [2.24, 2.45) is 0 Å². The molecule has 0 aliphatic heterocycles. The monoisotopic (exact) mass is 870 g/mol. The molecule has 0 spiro atoms. The Balaban J connectivity index is 0.000000425. The molecule has 0 heterocycles. The van der Waals surface area contributed by atoms with Crippen molar-refractivity contribution in [2.45, 2.75) is 12.8 Å². The molecular formula is C40H38F12P4. The largest absolute Gasteiger partial charge is 0.112 e. The van der Waals surface area contributed by atoms with E-state index >= 15 is 0 Å². The maximum absolute atomic E-state index is 10.7. The van der Waals surface area contributed by atoms with E-state index in [9.17, 15) is 50.4 Å². The quantitative estimate of drug-likeness (QED) is 0.0691. The summed E-state index contributed by atoms with van der Waals surface area (Å²) >= 11 is 0. The van der Waals surface area contributed by atoms with Crippen molar-refractivity contribution in [3.8, 4) is 0 Å². The smallest absolute Gasteiger partial charge is 0.0620 e. The molecule has 0 unspecified atom stereocenters. The van der Waals surface area contributed by atoms with Crippen molar-refractivity contribution < 1.29 is 50.4 Å². The Hall–Kier alpha value is -3.80. The fourth-order valence-electron chi connectivity index (χ4n) is 6.46. The molecule has 0 nitrogen and oxygen atoms in total. The number of hydrogen-bond acceptors (Lipinski definition) is 0. The van der Waals surface area contributed by atoms with Crippen LogP contribution in [0.25, 0.3) is 0 Å². The maximum atomic E-state index is 9.87. The molecule has 0 aliphatic rings. The Morgan fingerprint density at radius 3 is 0.500 bits per heavy atom. The first-order valence-electron chi connectivity index (χ1n) is 17.0. The van der Waals surface area contributed by atoms with E-state index in [2.05, 4.69) is 182 Å². The summed E-state index contributed by atoms with van der Waals surface area (Å²) in [6.07, 6.45) is 4.65. The number of halogens is 12. The van der Waals surface area contributed by atoms with E-state index in [1.807, 2.05) is 0 Å². The van der Waals surface area contributed by atoms with Gasteiger partial charge in [0.15, 0.2) is 0 Å². The molecule has 0 radical (unpaired) electrons. The van der Waals surface area contributed by atoms with Crippen LogP contribution in [0.2, 0.25) is 0 Å². The van der Waals surface area contributed by atoms with Crippen molar-refractivity contribution in [1.29, 1.82) is 0 Å².